The fraction of sp³-hybridized carbons (Fsp3) is 0.524. The summed E-state index contributed by atoms with van der Waals surface area (Å²) in [4.78, 5) is 39.7. The van der Waals surface area contributed by atoms with Gasteiger partial charge in [-0.2, -0.15) is 0 Å². The molecule has 9 heterocycles. The first-order valence-electron chi connectivity index (χ1n) is 19.0. The zero-order valence-corrected chi connectivity index (χ0v) is 27.9. The van der Waals surface area contributed by atoms with Crippen LogP contribution in [0.1, 0.15) is 43.7 Å². The number of anilines is 2. The first-order valence-corrected chi connectivity index (χ1v) is 19.0. The second kappa shape index (κ2) is 8.67. The molecule has 5 saturated heterocycles. The van der Waals surface area contributed by atoms with Gasteiger partial charge >= 0.3 is 0 Å². The van der Waals surface area contributed by atoms with Crippen LogP contribution in [-0.4, -0.2) is 84.2 Å². The van der Waals surface area contributed by atoms with Crippen molar-refractivity contribution in [3.63, 3.8) is 0 Å². The van der Waals surface area contributed by atoms with Crippen molar-refractivity contribution in [2.75, 3.05) is 36.0 Å². The summed E-state index contributed by atoms with van der Waals surface area (Å²) in [6, 6.07) is 18.8. The Labute approximate surface area is 287 Å². The van der Waals surface area contributed by atoms with E-state index < -0.39 is 0 Å². The molecule has 13 rings (SSSR count). The van der Waals surface area contributed by atoms with Crippen LogP contribution in [0.5, 0.6) is 0 Å². The molecular weight excluding hydrogens is 608 g/mol. The largest absolute Gasteiger partial charge is 0.373 e. The van der Waals surface area contributed by atoms with E-state index in [1.165, 1.54) is 28.8 Å². The molecule has 0 unspecified atom stereocenters. The van der Waals surface area contributed by atoms with E-state index in [-0.39, 0.29) is 58.8 Å². The van der Waals surface area contributed by atoms with Gasteiger partial charge in [-0.3, -0.25) is 19.4 Å². The van der Waals surface area contributed by atoms with E-state index in [2.05, 4.69) is 93.3 Å². The van der Waals surface area contributed by atoms with Crippen LogP contribution < -0.4 is 9.80 Å². The van der Waals surface area contributed by atoms with Gasteiger partial charge in [-0.15, -0.1) is 0 Å². The lowest BCUT2D eigenvalue weighted by molar-refractivity contribution is -0.149. The van der Waals surface area contributed by atoms with Gasteiger partial charge in [-0.05, 0) is 80.3 Å². The standard InChI is InChI=1S/C42H42N4O3/c1-2-22-21-44-31(19-42-28-8-4-5-9-29(28)45-34(47)12-11-24(38(42)45)25(22)17-33(42)44)36-37-35-26-18-32-41(14-15-43(32)20-23(26)13-16-49-37)27-7-3-6-10-30(27)46(39(35)41)40(36)48/h2-13,24-26,31-33,35-39H,14-21H2,1H3/t24-,25-,26-,31-,32-,33-,35-,36+,37-,38+,39+,41+,42+/m1/s1. The Kier molecular flexibility index (Phi) is 4.82. The number of benzene rings is 2. The van der Waals surface area contributed by atoms with Gasteiger partial charge in [0.2, 0.25) is 5.91 Å². The average molecular weight is 651 g/mol. The molecule has 248 valence electrons. The monoisotopic (exact) mass is 650 g/mol. The van der Waals surface area contributed by atoms with Crippen LogP contribution in [0.15, 0.2) is 84.0 Å². The summed E-state index contributed by atoms with van der Waals surface area (Å²) in [5.41, 5.74) is 7.85. The highest BCUT2D eigenvalue weighted by Crippen LogP contribution is 2.70. The number of hydrogen-bond donors (Lipinski definition) is 0. The van der Waals surface area contributed by atoms with Crippen LogP contribution in [0.25, 0.3) is 0 Å². The third-order valence-electron chi connectivity index (χ3n) is 16.4. The van der Waals surface area contributed by atoms with Crippen molar-refractivity contribution < 1.29 is 14.3 Å². The SMILES string of the molecule is CC=C1CN2[C@@H]([C@@H]3C(=O)N4c5ccccc5[C@@]56CCN7CC8=CCO[C@@H]3[C@@H]([C@@H]8C[C@@H]75)[C@H]46)C[C@]34c5ccccc5N5C(=O)C=C[C@H]([C@@H]1C[C@@H]23)[C@H]54. The summed E-state index contributed by atoms with van der Waals surface area (Å²) in [6.07, 6.45) is 13.0. The number of rotatable bonds is 1. The van der Waals surface area contributed by atoms with Gasteiger partial charge in [0.15, 0.2) is 0 Å². The highest BCUT2D eigenvalue weighted by molar-refractivity contribution is 6.06. The summed E-state index contributed by atoms with van der Waals surface area (Å²) < 4.78 is 7.14. The summed E-state index contributed by atoms with van der Waals surface area (Å²) in [5, 5.41) is 0. The molecule has 7 nitrogen and oxygen atoms in total. The Morgan fingerprint density at radius 1 is 0.878 bits per heavy atom. The number of amides is 2. The zero-order valence-electron chi connectivity index (χ0n) is 27.9. The molecule has 2 saturated carbocycles. The third kappa shape index (κ3) is 2.76. The van der Waals surface area contributed by atoms with Crippen LogP contribution in [0, 0.1) is 29.6 Å². The van der Waals surface area contributed by atoms with Crippen LogP contribution in [0.4, 0.5) is 11.4 Å². The number of para-hydroxylation sites is 2. The zero-order chi connectivity index (χ0) is 32.1. The molecule has 7 fully saturated rings. The van der Waals surface area contributed by atoms with E-state index in [1.54, 1.807) is 5.57 Å². The molecule has 0 aromatic heterocycles. The van der Waals surface area contributed by atoms with Gasteiger partial charge in [-0.25, -0.2) is 0 Å². The molecule has 2 aliphatic carbocycles. The summed E-state index contributed by atoms with van der Waals surface area (Å²) >= 11 is 0. The maximum Gasteiger partial charge on any atom is 0.250 e. The van der Waals surface area contributed by atoms with Gasteiger partial charge in [-0.1, -0.05) is 65.8 Å². The summed E-state index contributed by atoms with van der Waals surface area (Å²) in [6.45, 7) is 5.88. The Morgan fingerprint density at radius 3 is 2.49 bits per heavy atom. The van der Waals surface area contributed by atoms with Gasteiger partial charge < -0.3 is 14.5 Å². The molecule has 49 heavy (non-hydrogen) atoms. The van der Waals surface area contributed by atoms with Crippen molar-refractivity contribution in [3.8, 4) is 0 Å². The van der Waals surface area contributed by atoms with E-state index in [0.29, 0.717) is 36.3 Å². The number of piperidine rings is 3. The number of carbonyl (C=O) groups excluding carboxylic acids is 2. The second-order valence-corrected chi connectivity index (χ2v) is 17.3. The van der Waals surface area contributed by atoms with E-state index in [0.717, 1.165) is 44.6 Å². The summed E-state index contributed by atoms with van der Waals surface area (Å²) in [7, 11) is 0. The van der Waals surface area contributed by atoms with E-state index in [4.69, 9.17) is 4.74 Å². The predicted molar refractivity (Wildman–Crippen MR) is 185 cm³/mol. The minimum absolute atomic E-state index is 0.0123. The molecule has 0 radical (unpaired) electrons. The lowest BCUT2D eigenvalue weighted by atomic mass is 9.52. The topological polar surface area (TPSA) is 56.3 Å². The molecular formula is C42H42N4O3. The van der Waals surface area contributed by atoms with Gasteiger partial charge in [0, 0.05) is 65.3 Å². The highest BCUT2D eigenvalue weighted by atomic mass is 16.5. The molecule has 2 aromatic rings. The van der Waals surface area contributed by atoms with Crippen molar-refractivity contribution in [2.24, 2.45) is 29.6 Å². The molecule has 2 spiro atoms. The van der Waals surface area contributed by atoms with Crippen molar-refractivity contribution in [3.05, 3.63) is 95.1 Å². The Bertz CT molecular complexity index is 2020. The number of carbonyl (C=O) groups is 2. The van der Waals surface area contributed by atoms with Gasteiger partial charge in [0.25, 0.3) is 5.91 Å². The van der Waals surface area contributed by atoms with E-state index in [1.807, 2.05) is 6.08 Å². The van der Waals surface area contributed by atoms with Crippen molar-refractivity contribution >= 4 is 23.2 Å². The Hall–Kier alpha value is -3.52. The smallest absolute Gasteiger partial charge is 0.250 e. The second-order valence-electron chi connectivity index (χ2n) is 17.3. The summed E-state index contributed by atoms with van der Waals surface area (Å²) in [5.74, 6) is 1.61. The number of nitrogens with zero attached hydrogens (tertiary/aromatic N) is 4. The molecule has 0 N–H and O–H groups in total. The first kappa shape index (κ1) is 27.2. The number of hydrogen-bond acceptors (Lipinski definition) is 5. The number of fused-ring (bicyclic) bond motifs is 6. The Balaban J connectivity index is 1.02. The number of ether oxygens (including phenoxy) is 1. The predicted octanol–water partition coefficient (Wildman–Crippen LogP) is 4.58. The van der Waals surface area contributed by atoms with Gasteiger partial charge in [0.1, 0.15) is 0 Å². The minimum atomic E-state index is -0.252. The molecule has 9 aliphatic heterocycles. The minimum Gasteiger partial charge on any atom is -0.373 e. The lowest BCUT2D eigenvalue weighted by Crippen LogP contribution is -2.73. The van der Waals surface area contributed by atoms with E-state index >= 15 is 4.79 Å². The molecule has 7 heteroatoms. The van der Waals surface area contributed by atoms with Crippen molar-refractivity contribution in [1.82, 2.24) is 9.80 Å². The molecule has 2 amide bonds. The maximum atomic E-state index is 15.8. The quantitative estimate of drug-likeness (QED) is 0.424. The lowest BCUT2D eigenvalue weighted by Gasteiger charge is -2.61. The fourth-order valence-electron chi connectivity index (χ4n) is 15.2. The highest BCUT2D eigenvalue weighted by Gasteiger charge is 2.76. The fourth-order valence-corrected chi connectivity index (χ4v) is 15.2. The Morgan fingerprint density at radius 2 is 1.65 bits per heavy atom. The van der Waals surface area contributed by atoms with Crippen LogP contribution in [-0.2, 0) is 25.2 Å². The maximum absolute atomic E-state index is 15.8. The molecule has 11 aliphatic rings. The van der Waals surface area contributed by atoms with Crippen LogP contribution in [0.3, 0.4) is 0 Å². The molecule has 2 aromatic carbocycles. The van der Waals surface area contributed by atoms with Gasteiger partial charge in [0.05, 0.1) is 30.7 Å². The van der Waals surface area contributed by atoms with Crippen LogP contribution >= 0.6 is 0 Å². The molecule has 4 bridgehead atoms. The van der Waals surface area contributed by atoms with E-state index in [9.17, 15) is 4.79 Å². The van der Waals surface area contributed by atoms with Crippen molar-refractivity contribution in [1.29, 1.82) is 0 Å². The average Bonchev–Trinajstić information content (AvgIpc) is 3.82. The third-order valence-corrected chi connectivity index (χ3v) is 16.4. The van der Waals surface area contributed by atoms with Crippen molar-refractivity contribution in [2.45, 2.75) is 79.8 Å². The van der Waals surface area contributed by atoms with Crippen LogP contribution in [0.2, 0.25) is 0 Å². The number of allylic oxidation sites excluding steroid dienone is 1. The molecule has 13 atom stereocenters. The first-order chi connectivity index (χ1) is 24.1. The normalized spacial score (nSPS) is 48.1.